The van der Waals surface area contributed by atoms with Gasteiger partial charge in [-0.05, 0) is 0 Å². The quantitative estimate of drug-likeness (QED) is 0.409. The highest BCUT2D eigenvalue weighted by Gasteiger charge is 2.23. The minimum atomic E-state index is -0.362. The lowest BCUT2D eigenvalue weighted by molar-refractivity contribution is 1.54. The molecule has 0 spiro atoms. The Labute approximate surface area is 110 Å². The van der Waals surface area contributed by atoms with Gasteiger partial charge in [-0.25, -0.2) is 0 Å². The van der Waals surface area contributed by atoms with E-state index in [1.165, 1.54) is 0 Å². The molecule has 6 heteroatoms. The van der Waals surface area contributed by atoms with Crippen molar-refractivity contribution >= 4 is 95.6 Å². The zero-order chi connectivity index (χ0) is 8.36. The van der Waals surface area contributed by atoms with E-state index >= 15 is 0 Å². The first-order chi connectivity index (χ1) is 4.39. The summed E-state index contributed by atoms with van der Waals surface area (Å²) >= 11 is 20.2. The van der Waals surface area contributed by atoms with E-state index in [1.807, 2.05) is 0 Å². The third-order valence-corrected chi connectivity index (χ3v) is 6.99. The van der Waals surface area contributed by atoms with Gasteiger partial charge in [0.25, 0.3) is 0 Å². The first-order valence-corrected chi connectivity index (χ1v) is 7.15. The minimum absolute atomic E-state index is 0.362. The lowest BCUT2D eigenvalue weighted by Gasteiger charge is -2.12. The Hall–Kier alpha value is 2.62. The average Bonchev–Trinajstić information content (AvgIpc) is 1.83. The molecule has 0 unspecified atom stereocenters. The van der Waals surface area contributed by atoms with E-state index in [1.54, 1.807) is 0 Å². The highest BCUT2D eigenvalue weighted by atomic mass is 80.0. The summed E-state index contributed by atoms with van der Waals surface area (Å²) in [5.41, 5.74) is 0. The Morgan fingerprint density at radius 3 is 1.60 bits per heavy atom. The third kappa shape index (κ3) is 4.60. The van der Waals surface area contributed by atoms with E-state index in [0.29, 0.717) is 0 Å². The lowest BCUT2D eigenvalue weighted by Crippen LogP contribution is -2.00. The highest BCUT2D eigenvalue weighted by molar-refractivity contribution is 9.40. The predicted octanol–water partition coefficient (Wildman–Crippen LogP) is 5.22. The molecule has 0 saturated heterocycles. The van der Waals surface area contributed by atoms with E-state index in [0.717, 1.165) is 14.3 Å². The molecule has 0 aromatic carbocycles. The Bertz CT molecular complexity index is 142. The summed E-state index contributed by atoms with van der Waals surface area (Å²) in [4.78, 5) is 0. The van der Waals surface area contributed by atoms with Crippen LogP contribution in [0, 0.1) is 0 Å². The van der Waals surface area contributed by atoms with Crippen molar-refractivity contribution in [2.45, 2.75) is 2.14 Å². The fourth-order valence-corrected chi connectivity index (χ4v) is 2.82. The van der Waals surface area contributed by atoms with Gasteiger partial charge in [0.2, 0.25) is 0 Å². The van der Waals surface area contributed by atoms with Crippen LogP contribution in [-0.4, -0.2) is 7.47 Å². The van der Waals surface area contributed by atoms with Crippen LogP contribution in [0.2, 0.25) is 0 Å². The van der Waals surface area contributed by atoms with Gasteiger partial charge >= 0.3 is 0 Å². The number of alkyl halides is 4. The molecule has 0 nitrogen and oxygen atoms in total. The van der Waals surface area contributed by atoms with Crippen LogP contribution in [0.15, 0.2) is 8.96 Å². The number of allylic oxidation sites excluding steroid dienone is 2. The average molecular weight is 529 g/mol. The van der Waals surface area contributed by atoms with Crippen LogP contribution in [0.4, 0.5) is 0 Å². The van der Waals surface area contributed by atoms with Gasteiger partial charge in [-0.15, -0.1) is 0 Å². The molecule has 0 atom stereocenters. The maximum absolute atomic E-state index is 3.39. The normalized spacial score (nSPS) is 15.0. The summed E-state index contributed by atoms with van der Waals surface area (Å²) in [7, 11) is 0. The van der Waals surface area contributed by atoms with Gasteiger partial charge in [0.1, 0.15) is 0 Å². The monoisotopic (exact) mass is 524 g/mol. The van der Waals surface area contributed by atoms with E-state index in [-0.39, 0.29) is 2.14 Å². The molecule has 0 amide bonds. The van der Waals surface area contributed by atoms with E-state index in [4.69, 9.17) is 0 Å². The Kier molecular flexibility index (Phi) is 6.78. The zero-order valence-corrected chi connectivity index (χ0v) is 14.0. The smallest absolute Gasteiger partial charge is 0.0870 e. The van der Waals surface area contributed by atoms with Crippen LogP contribution in [0.5, 0.6) is 0 Å². The molecule has 0 bridgehead atoms. The van der Waals surface area contributed by atoms with Crippen molar-refractivity contribution in [2.75, 3.05) is 5.33 Å². The molecule has 0 aromatic rings. The molecule has 0 aliphatic rings. The molecule has 0 saturated carbocycles. The number of hydrogen-bond acceptors (Lipinski definition) is 0. The molecule has 0 N–H and O–H groups in total. The summed E-state index contributed by atoms with van der Waals surface area (Å²) < 4.78 is 1.65. The summed E-state index contributed by atoms with van der Waals surface area (Å²) in [6, 6.07) is 0. The van der Waals surface area contributed by atoms with Crippen molar-refractivity contribution in [2.24, 2.45) is 0 Å². The van der Waals surface area contributed by atoms with Crippen LogP contribution in [0.25, 0.3) is 0 Å². The SMILES string of the molecule is BrC/C(Br)=C(\Br)C(Br)(Br)Br. The van der Waals surface area contributed by atoms with Gasteiger partial charge in [0.05, 0.1) is 0 Å². The zero-order valence-electron chi connectivity index (χ0n) is 4.47. The van der Waals surface area contributed by atoms with Gasteiger partial charge in [-0.1, -0.05) is 95.6 Å². The Morgan fingerprint density at radius 1 is 1.10 bits per heavy atom. The first-order valence-electron chi connectivity index (χ1n) is 2.07. The van der Waals surface area contributed by atoms with Gasteiger partial charge in [0.15, 0.2) is 2.14 Å². The molecular weight excluding hydrogens is 527 g/mol. The van der Waals surface area contributed by atoms with Crippen LogP contribution in [0.3, 0.4) is 0 Å². The predicted molar refractivity (Wildman–Crippen MR) is 68.2 cm³/mol. The van der Waals surface area contributed by atoms with Crippen molar-refractivity contribution < 1.29 is 0 Å². The van der Waals surface area contributed by atoms with Crippen molar-refractivity contribution in [3.8, 4) is 0 Å². The summed E-state index contributed by atoms with van der Waals surface area (Å²) in [5.74, 6) is 0. The van der Waals surface area contributed by atoms with Crippen molar-refractivity contribution in [1.82, 2.24) is 0 Å². The second-order valence-corrected chi connectivity index (χ2v) is 10.4. The Balaban J connectivity index is 4.47. The molecule has 0 aliphatic carbocycles. The lowest BCUT2D eigenvalue weighted by atomic mass is 10.6. The van der Waals surface area contributed by atoms with Gasteiger partial charge in [0, 0.05) is 14.3 Å². The molecule has 0 radical (unpaired) electrons. The molecule has 0 aliphatic heterocycles. The maximum atomic E-state index is 3.39. The molecule has 10 heavy (non-hydrogen) atoms. The summed E-state index contributed by atoms with van der Waals surface area (Å²) in [5, 5.41) is 0.776. The van der Waals surface area contributed by atoms with Gasteiger partial charge in [-0.2, -0.15) is 0 Å². The topological polar surface area (TPSA) is 0 Å². The Morgan fingerprint density at radius 2 is 1.50 bits per heavy atom. The molecular formula is C4H2Br6. The standard InChI is InChI=1S/C4H2Br6/c5-1-2(6)3(7)4(8,9)10/h1H2/b3-2+. The molecule has 0 aromatic heterocycles. The first kappa shape index (κ1) is 12.6. The van der Waals surface area contributed by atoms with Crippen LogP contribution < -0.4 is 0 Å². The minimum Gasteiger partial charge on any atom is -0.0870 e. The molecule has 0 rings (SSSR count). The largest absolute Gasteiger partial charge is 0.167 e. The van der Waals surface area contributed by atoms with Gasteiger partial charge < -0.3 is 0 Å². The van der Waals surface area contributed by atoms with Crippen LogP contribution >= 0.6 is 95.6 Å². The number of hydrogen-bond donors (Lipinski definition) is 0. The maximum Gasteiger partial charge on any atom is 0.167 e. The van der Waals surface area contributed by atoms with Gasteiger partial charge in [-0.3, -0.25) is 0 Å². The number of halogens is 6. The fraction of sp³-hybridized carbons (Fsp3) is 0.500. The van der Waals surface area contributed by atoms with Crippen molar-refractivity contribution in [1.29, 1.82) is 0 Å². The molecule has 60 valence electrons. The summed E-state index contributed by atoms with van der Waals surface area (Å²) in [6.07, 6.45) is 0. The fourth-order valence-electron chi connectivity index (χ4n) is 0.212. The van der Waals surface area contributed by atoms with Crippen molar-refractivity contribution in [3.05, 3.63) is 8.96 Å². The third-order valence-electron chi connectivity index (χ3n) is 0.604. The second kappa shape index (κ2) is 5.37. The molecule has 0 heterocycles. The summed E-state index contributed by atoms with van der Waals surface area (Å²) in [6.45, 7) is 0. The van der Waals surface area contributed by atoms with E-state index < -0.39 is 0 Å². The molecule has 0 fully saturated rings. The second-order valence-electron chi connectivity index (χ2n) is 1.35. The van der Waals surface area contributed by atoms with Crippen molar-refractivity contribution in [3.63, 3.8) is 0 Å². The van der Waals surface area contributed by atoms with Crippen LogP contribution in [0.1, 0.15) is 0 Å². The highest BCUT2D eigenvalue weighted by Crippen LogP contribution is 2.46. The van der Waals surface area contributed by atoms with Crippen LogP contribution in [-0.2, 0) is 0 Å². The van der Waals surface area contributed by atoms with E-state index in [9.17, 15) is 0 Å². The van der Waals surface area contributed by atoms with E-state index in [2.05, 4.69) is 95.6 Å². The number of rotatable bonds is 1.